The summed E-state index contributed by atoms with van der Waals surface area (Å²) in [5.74, 6) is 0.194. The van der Waals surface area contributed by atoms with E-state index in [0.29, 0.717) is 11.7 Å². The van der Waals surface area contributed by atoms with E-state index >= 15 is 0 Å². The fourth-order valence-corrected chi connectivity index (χ4v) is 1.27. The lowest BCUT2D eigenvalue weighted by atomic mass is 10.2. The summed E-state index contributed by atoms with van der Waals surface area (Å²) < 4.78 is 0. The van der Waals surface area contributed by atoms with E-state index in [0.717, 1.165) is 18.4 Å². The molecule has 1 fully saturated rings. The minimum atomic E-state index is -0.208. The van der Waals surface area contributed by atoms with Gasteiger partial charge in [-0.25, -0.2) is 4.79 Å². The average Bonchev–Trinajstić information content (AvgIpc) is 2.95. The third-order valence-electron chi connectivity index (χ3n) is 2.38. The van der Waals surface area contributed by atoms with Crippen molar-refractivity contribution in [3.8, 4) is 5.75 Å². The number of hydrogen-bond acceptors (Lipinski definition) is 2. The summed E-state index contributed by atoms with van der Waals surface area (Å²) in [5, 5.41) is 14.9. The lowest BCUT2D eigenvalue weighted by molar-refractivity contribution is 0.251. The molecule has 1 aliphatic rings. The first-order chi connectivity index (χ1) is 7.15. The van der Waals surface area contributed by atoms with Crippen molar-refractivity contribution in [1.82, 2.24) is 5.32 Å². The molecule has 0 unspecified atom stereocenters. The van der Waals surface area contributed by atoms with Gasteiger partial charge in [-0.3, -0.25) is 0 Å². The highest BCUT2D eigenvalue weighted by atomic mass is 16.3. The van der Waals surface area contributed by atoms with Crippen molar-refractivity contribution in [2.45, 2.75) is 25.8 Å². The van der Waals surface area contributed by atoms with Crippen LogP contribution >= 0.6 is 0 Å². The Morgan fingerprint density at radius 2 is 2.20 bits per heavy atom. The number of anilines is 1. The number of phenolic OH excluding ortho intramolecular Hbond substituents is 1. The van der Waals surface area contributed by atoms with E-state index in [2.05, 4.69) is 10.6 Å². The van der Waals surface area contributed by atoms with Crippen molar-refractivity contribution in [3.63, 3.8) is 0 Å². The molecule has 0 saturated heterocycles. The fraction of sp³-hybridized carbons (Fsp3) is 0.364. The zero-order valence-electron chi connectivity index (χ0n) is 8.58. The predicted octanol–water partition coefficient (Wildman–Crippen LogP) is 1.98. The third-order valence-corrected chi connectivity index (χ3v) is 2.38. The van der Waals surface area contributed by atoms with Crippen molar-refractivity contribution >= 4 is 11.7 Å². The van der Waals surface area contributed by atoms with Crippen LogP contribution in [-0.2, 0) is 0 Å². The predicted molar refractivity (Wildman–Crippen MR) is 58.0 cm³/mol. The SMILES string of the molecule is Cc1ccc(NC(=O)NC2CC2)cc1O. The molecule has 4 nitrogen and oxygen atoms in total. The number of phenols is 1. The van der Waals surface area contributed by atoms with Gasteiger partial charge in [-0.15, -0.1) is 0 Å². The molecule has 0 aromatic heterocycles. The second kappa shape index (κ2) is 3.81. The van der Waals surface area contributed by atoms with E-state index < -0.39 is 0 Å². The molecule has 15 heavy (non-hydrogen) atoms. The number of carbonyl (C=O) groups is 1. The van der Waals surface area contributed by atoms with E-state index in [1.807, 2.05) is 6.92 Å². The Morgan fingerprint density at radius 1 is 1.47 bits per heavy atom. The molecule has 4 heteroatoms. The van der Waals surface area contributed by atoms with Crippen LogP contribution < -0.4 is 10.6 Å². The number of carbonyl (C=O) groups excluding carboxylic acids is 1. The Hall–Kier alpha value is -1.71. The average molecular weight is 206 g/mol. The van der Waals surface area contributed by atoms with Gasteiger partial charge in [0.2, 0.25) is 0 Å². The van der Waals surface area contributed by atoms with Crippen LogP contribution in [0, 0.1) is 6.92 Å². The lowest BCUT2D eigenvalue weighted by Crippen LogP contribution is -2.30. The van der Waals surface area contributed by atoms with Crippen LogP contribution in [0.15, 0.2) is 18.2 Å². The molecule has 3 N–H and O–H groups in total. The van der Waals surface area contributed by atoms with E-state index in [-0.39, 0.29) is 11.8 Å². The standard InChI is InChI=1S/C11H14N2O2/c1-7-2-3-9(6-10(7)14)13-11(15)12-8-4-5-8/h2-3,6,8,14H,4-5H2,1H3,(H2,12,13,15). The number of amides is 2. The summed E-state index contributed by atoms with van der Waals surface area (Å²) >= 11 is 0. The zero-order chi connectivity index (χ0) is 10.8. The Labute approximate surface area is 88.3 Å². The van der Waals surface area contributed by atoms with Crippen LogP contribution in [0.3, 0.4) is 0 Å². The monoisotopic (exact) mass is 206 g/mol. The Kier molecular flexibility index (Phi) is 2.49. The van der Waals surface area contributed by atoms with Gasteiger partial charge in [0.05, 0.1) is 0 Å². The maximum Gasteiger partial charge on any atom is 0.319 e. The van der Waals surface area contributed by atoms with Gasteiger partial charge < -0.3 is 15.7 Å². The van der Waals surface area contributed by atoms with Gasteiger partial charge in [0.25, 0.3) is 0 Å². The zero-order valence-corrected chi connectivity index (χ0v) is 8.58. The first kappa shape index (κ1) is 9.83. The van der Waals surface area contributed by atoms with Gasteiger partial charge in [0.15, 0.2) is 0 Å². The highest BCUT2D eigenvalue weighted by molar-refractivity contribution is 5.89. The first-order valence-electron chi connectivity index (χ1n) is 5.02. The molecular weight excluding hydrogens is 192 g/mol. The van der Waals surface area contributed by atoms with E-state index in [9.17, 15) is 9.90 Å². The van der Waals surface area contributed by atoms with Gasteiger partial charge >= 0.3 is 6.03 Å². The maximum atomic E-state index is 11.4. The molecule has 0 heterocycles. The van der Waals surface area contributed by atoms with E-state index in [4.69, 9.17) is 0 Å². The molecule has 0 bridgehead atoms. The molecule has 1 aliphatic carbocycles. The lowest BCUT2D eigenvalue weighted by Gasteiger charge is -2.07. The number of rotatable bonds is 2. The van der Waals surface area contributed by atoms with E-state index in [1.54, 1.807) is 18.2 Å². The summed E-state index contributed by atoms with van der Waals surface area (Å²) in [6.45, 7) is 1.81. The molecule has 0 aliphatic heterocycles. The van der Waals surface area contributed by atoms with Crippen LogP contribution in [0.25, 0.3) is 0 Å². The third kappa shape index (κ3) is 2.62. The maximum absolute atomic E-state index is 11.4. The summed E-state index contributed by atoms with van der Waals surface area (Å²) in [6.07, 6.45) is 2.12. The van der Waals surface area contributed by atoms with Crippen molar-refractivity contribution < 1.29 is 9.90 Å². The second-order valence-corrected chi connectivity index (χ2v) is 3.87. The smallest absolute Gasteiger partial charge is 0.319 e. The van der Waals surface area contributed by atoms with Crippen LogP contribution in [0.5, 0.6) is 5.75 Å². The Bertz CT molecular complexity index is 386. The molecular formula is C11H14N2O2. The fourth-order valence-electron chi connectivity index (χ4n) is 1.27. The Balaban J connectivity index is 1.97. The van der Waals surface area contributed by atoms with Crippen LogP contribution in [0.4, 0.5) is 10.5 Å². The molecule has 2 amide bonds. The Morgan fingerprint density at radius 3 is 2.80 bits per heavy atom. The molecule has 1 saturated carbocycles. The number of aryl methyl sites for hydroxylation is 1. The minimum absolute atomic E-state index is 0.194. The van der Waals surface area contributed by atoms with Crippen molar-refractivity contribution in [3.05, 3.63) is 23.8 Å². The van der Waals surface area contributed by atoms with Gasteiger partial charge in [-0.1, -0.05) is 6.07 Å². The minimum Gasteiger partial charge on any atom is -0.508 e. The highest BCUT2D eigenvalue weighted by Crippen LogP contribution is 2.21. The summed E-state index contributed by atoms with van der Waals surface area (Å²) in [4.78, 5) is 11.4. The second-order valence-electron chi connectivity index (χ2n) is 3.87. The molecule has 0 spiro atoms. The molecule has 0 atom stereocenters. The first-order valence-corrected chi connectivity index (χ1v) is 5.02. The van der Waals surface area contributed by atoms with Crippen molar-refractivity contribution in [1.29, 1.82) is 0 Å². The normalized spacial score (nSPS) is 14.7. The summed E-state index contributed by atoms with van der Waals surface area (Å²) in [5.41, 5.74) is 1.40. The van der Waals surface area contributed by atoms with E-state index in [1.165, 1.54) is 0 Å². The topological polar surface area (TPSA) is 61.4 Å². The summed E-state index contributed by atoms with van der Waals surface area (Å²) in [6, 6.07) is 5.20. The quantitative estimate of drug-likeness (QED) is 0.693. The van der Waals surface area contributed by atoms with Crippen molar-refractivity contribution in [2.75, 3.05) is 5.32 Å². The number of nitrogens with one attached hydrogen (secondary N) is 2. The van der Waals surface area contributed by atoms with Crippen LogP contribution in [-0.4, -0.2) is 17.2 Å². The molecule has 2 rings (SSSR count). The number of aromatic hydroxyl groups is 1. The molecule has 1 aromatic carbocycles. The highest BCUT2D eigenvalue weighted by Gasteiger charge is 2.23. The molecule has 0 radical (unpaired) electrons. The molecule has 80 valence electrons. The van der Waals surface area contributed by atoms with Gasteiger partial charge in [-0.2, -0.15) is 0 Å². The number of benzene rings is 1. The number of urea groups is 1. The largest absolute Gasteiger partial charge is 0.508 e. The summed E-state index contributed by atoms with van der Waals surface area (Å²) in [7, 11) is 0. The van der Waals surface area contributed by atoms with Gasteiger partial charge in [0, 0.05) is 17.8 Å². The molecule has 1 aromatic rings. The van der Waals surface area contributed by atoms with Gasteiger partial charge in [0.1, 0.15) is 5.75 Å². The van der Waals surface area contributed by atoms with Crippen molar-refractivity contribution in [2.24, 2.45) is 0 Å². The van der Waals surface area contributed by atoms with Crippen LogP contribution in [0.2, 0.25) is 0 Å². The number of hydrogen-bond donors (Lipinski definition) is 3. The van der Waals surface area contributed by atoms with Gasteiger partial charge in [-0.05, 0) is 31.4 Å². The van der Waals surface area contributed by atoms with Crippen LogP contribution in [0.1, 0.15) is 18.4 Å².